The van der Waals surface area contributed by atoms with Crippen LogP contribution in [-0.2, 0) is 0 Å². The Morgan fingerprint density at radius 1 is 0.857 bits per heavy atom. The zero-order valence-corrected chi connectivity index (χ0v) is 15.5. The number of hydrogen-bond acceptors (Lipinski definition) is 3. The van der Waals surface area contributed by atoms with Gasteiger partial charge in [0.1, 0.15) is 11.6 Å². The van der Waals surface area contributed by atoms with E-state index in [1.165, 1.54) is 25.3 Å². The maximum atomic E-state index is 13.4. The third-order valence-corrected chi connectivity index (χ3v) is 4.11. The minimum absolute atomic E-state index is 0.177. The van der Waals surface area contributed by atoms with Gasteiger partial charge in [0.15, 0.2) is 0 Å². The molecule has 0 spiro atoms. The molecule has 0 bridgehead atoms. The van der Waals surface area contributed by atoms with Crippen LogP contribution in [0, 0.1) is 12.7 Å². The molecule has 0 heterocycles. The Morgan fingerprint density at radius 2 is 1.57 bits per heavy atom. The van der Waals surface area contributed by atoms with Crippen LogP contribution in [0.1, 0.15) is 26.3 Å². The van der Waals surface area contributed by atoms with Crippen LogP contribution >= 0.6 is 0 Å². The van der Waals surface area contributed by atoms with Crippen molar-refractivity contribution in [3.8, 4) is 5.75 Å². The van der Waals surface area contributed by atoms with Gasteiger partial charge in [-0.05, 0) is 55.5 Å². The molecule has 0 atom stereocenters. The minimum atomic E-state index is -0.501. The Morgan fingerprint density at radius 3 is 2.25 bits per heavy atom. The Bertz CT molecular complexity index is 1020. The van der Waals surface area contributed by atoms with Crippen LogP contribution in [0.3, 0.4) is 0 Å². The summed E-state index contributed by atoms with van der Waals surface area (Å²) >= 11 is 0. The van der Waals surface area contributed by atoms with Gasteiger partial charge in [-0.3, -0.25) is 9.59 Å². The highest BCUT2D eigenvalue weighted by molar-refractivity contribution is 6.07. The van der Waals surface area contributed by atoms with Crippen molar-refractivity contribution >= 4 is 23.2 Å². The zero-order chi connectivity index (χ0) is 20.1. The minimum Gasteiger partial charge on any atom is -0.495 e. The second-order valence-corrected chi connectivity index (χ2v) is 6.20. The third-order valence-electron chi connectivity index (χ3n) is 4.11. The van der Waals surface area contributed by atoms with Crippen molar-refractivity contribution in [2.24, 2.45) is 0 Å². The highest BCUT2D eigenvalue weighted by atomic mass is 19.1. The summed E-state index contributed by atoms with van der Waals surface area (Å²) in [6.45, 7) is 1.94. The van der Waals surface area contributed by atoms with E-state index in [0.29, 0.717) is 22.7 Å². The lowest BCUT2D eigenvalue weighted by Gasteiger charge is -2.13. The SMILES string of the molecule is COc1ccc(NC(=O)c2ccc(C)cc2)cc1NC(=O)c1cccc(F)c1. The summed E-state index contributed by atoms with van der Waals surface area (Å²) in [5, 5.41) is 5.47. The average Bonchev–Trinajstić information content (AvgIpc) is 2.68. The highest BCUT2D eigenvalue weighted by Crippen LogP contribution is 2.28. The number of benzene rings is 3. The van der Waals surface area contributed by atoms with Gasteiger partial charge < -0.3 is 15.4 Å². The van der Waals surface area contributed by atoms with Crippen molar-refractivity contribution in [2.75, 3.05) is 17.7 Å². The van der Waals surface area contributed by atoms with E-state index in [1.807, 2.05) is 19.1 Å². The first-order chi connectivity index (χ1) is 13.5. The van der Waals surface area contributed by atoms with Gasteiger partial charge in [0.05, 0.1) is 12.8 Å². The molecule has 0 aliphatic carbocycles. The standard InChI is InChI=1S/C22H19FN2O3/c1-14-6-8-15(9-7-14)21(26)24-18-10-11-20(28-2)19(13-18)25-22(27)16-4-3-5-17(23)12-16/h3-13H,1-2H3,(H,24,26)(H,25,27). The lowest BCUT2D eigenvalue weighted by molar-refractivity contribution is 0.101. The number of nitrogens with one attached hydrogen (secondary N) is 2. The van der Waals surface area contributed by atoms with Crippen LogP contribution < -0.4 is 15.4 Å². The molecule has 3 aromatic rings. The molecular formula is C22H19FN2O3. The topological polar surface area (TPSA) is 67.4 Å². The van der Waals surface area contributed by atoms with E-state index in [-0.39, 0.29) is 11.5 Å². The first kappa shape index (κ1) is 19.1. The molecule has 6 heteroatoms. The molecule has 5 nitrogen and oxygen atoms in total. The molecule has 0 fully saturated rings. The van der Waals surface area contributed by atoms with Gasteiger partial charge in [-0.2, -0.15) is 0 Å². The predicted molar refractivity (Wildman–Crippen MR) is 106 cm³/mol. The van der Waals surface area contributed by atoms with E-state index in [4.69, 9.17) is 4.74 Å². The van der Waals surface area contributed by atoms with E-state index in [0.717, 1.165) is 11.6 Å². The molecule has 0 aromatic heterocycles. The molecule has 0 unspecified atom stereocenters. The number of amides is 2. The Kier molecular flexibility index (Phi) is 5.69. The van der Waals surface area contributed by atoms with E-state index in [1.54, 1.807) is 30.3 Å². The average molecular weight is 378 g/mol. The quantitative estimate of drug-likeness (QED) is 0.679. The Hall–Kier alpha value is -3.67. The van der Waals surface area contributed by atoms with Crippen LogP contribution in [-0.4, -0.2) is 18.9 Å². The summed E-state index contributed by atoms with van der Waals surface area (Å²) in [7, 11) is 1.47. The number of carbonyl (C=O) groups excluding carboxylic acids is 2. The van der Waals surface area contributed by atoms with Gasteiger partial charge >= 0.3 is 0 Å². The van der Waals surface area contributed by atoms with Gasteiger partial charge in [0.2, 0.25) is 0 Å². The maximum absolute atomic E-state index is 13.4. The fourth-order valence-corrected chi connectivity index (χ4v) is 2.62. The third kappa shape index (κ3) is 4.54. The molecule has 0 saturated carbocycles. The second-order valence-electron chi connectivity index (χ2n) is 6.20. The van der Waals surface area contributed by atoms with Crippen LogP contribution in [0.5, 0.6) is 5.75 Å². The van der Waals surface area contributed by atoms with Crippen LogP contribution in [0.25, 0.3) is 0 Å². The summed E-state index contributed by atoms with van der Waals surface area (Å²) < 4.78 is 18.6. The fraction of sp³-hybridized carbons (Fsp3) is 0.0909. The molecule has 3 rings (SSSR count). The van der Waals surface area contributed by atoms with Crippen molar-refractivity contribution in [1.82, 2.24) is 0 Å². The van der Waals surface area contributed by atoms with Crippen molar-refractivity contribution in [3.05, 3.63) is 89.2 Å². The summed E-state index contributed by atoms with van der Waals surface area (Å²) in [6, 6.07) is 17.4. The van der Waals surface area contributed by atoms with E-state index in [9.17, 15) is 14.0 Å². The molecular weight excluding hydrogens is 359 g/mol. The molecule has 0 aliphatic heterocycles. The highest BCUT2D eigenvalue weighted by Gasteiger charge is 2.13. The fourth-order valence-electron chi connectivity index (χ4n) is 2.62. The van der Waals surface area contributed by atoms with Crippen molar-refractivity contribution < 1.29 is 18.7 Å². The lowest BCUT2D eigenvalue weighted by Crippen LogP contribution is -2.15. The van der Waals surface area contributed by atoms with E-state index in [2.05, 4.69) is 10.6 Å². The largest absolute Gasteiger partial charge is 0.495 e. The number of rotatable bonds is 5. The number of methoxy groups -OCH3 is 1. The molecule has 2 N–H and O–H groups in total. The van der Waals surface area contributed by atoms with Gasteiger partial charge in [-0.1, -0.05) is 23.8 Å². The van der Waals surface area contributed by atoms with Crippen molar-refractivity contribution in [3.63, 3.8) is 0 Å². The predicted octanol–water partition coefficient (Wildman–Crippen LogP) is 4.65. The molecule has 142 valence electrons. The second kappa shape index (κ2) is 8.35. The zero-order valence-electron chi connectivity index (χ0n) is 15.5. The Labute approximate surface area is 162 Å². The number of aryl methyl sites for hydroxylation is 1. The van der Waals surface area contributed by atoms with Gasteiger partial charge in [-0.25, -0.2) is 4.39 Å². The Balaban J connectivity index is 1.80. The van der Waals surface area contributed by atoms with Crippen molar-refractivity contribution in [2.45, 2.75) is 6.92 Å². The number of ether oxygens (including phenoxy) is 1. The molecule has 28 heavy (non-hydrogen) atoms. The summed E-state index contributed by atoms with van der Waals surface area (Å²) in [5.41, 5.74) is 2.60. The first-order valence-electron chi connectivity index (χ1n) is 8.59. The lowest BCUT2D eigenvalue weighted by atomic mass is 10.1. The van der Waals surface area contributed by atoms with Crippen LogP contribution in [0.15, 0.2) is 66.7 Å². The van der Waals surface area contributed by atoms with E-state index < -0.39 is 11.7 Å². The molecule has 0 saturated heterocycles. The number of carbonyl (C=O) groups is 2. The summed E-state index contributed by atoms with van der Waals surface area (Å²) in [5.74, 6) is -0.843. The number of halogens is 1. The smallest absolute Gasteiger partial charge is 0.255 e. The van der Waals surface area contributed by atoms with Crippen LogP contribution in [0.4, 0.5) is 15.8 Å². The van der Waals surface area contributed by atoms with Gasteiger partial charge in [-0.15, -0.1) is 0 Å². The molecule has 0 radical (unpaired) electrons. The number of hydrogen-bond donors (Lipinski definition) is 2. The first-order valence-corrected chi connectivity index (χ1v) is 8.59. The van der Waals surface area contributed by atoms with Crippen molar-refractivity contribution in [1.29, 1.82) is 0 Å². The number of anilines is 2. The normalized spacial score (nSPS) is 10.2. The van der Waals surface area contributed by atoms with Crippen LogP contribution in [0.2, 0.25) is 0 Å². The summed E-state index contributed by atoms with van der Waals surface area (Å²) in [4.78, 5) is 24.8. The summed E-state index contributed by atoms with van der Waals surface area (Å²) in [6.07, 6.45) is 0. The molecule has 2 amide bonds. The molecule has 0 aliphatic rings. The molecule has 3 aromatic carbocycles. The monoisotopic (exact) mass is 378 g/mol. The maximum Gasteiger partial charge on any atom is 0.255 e. The van der Waals surface area contributed by atoms with Gasteiger partial charge in [0, 0.05) is 16.8 Å². The van der Waals surface area contributed by atoms with E-state index >= 15 is 0 Å². The van der Waals surface area contributed by atoms with Gasteiger partial charge in [0.25, 0.3) is 11.8 Å².